The number of carbonyl (C=O) groups excluding carboxylic acids is 1. The van der Waals surface area contributed by atoms with E-state index in [0.29, 0.717) is 38.7 Å². The van der Waals surface area contributed by atoms with Crippen molar-refractivity contribution in [2.45, 2.75) is 6.92 Å². The summed E-state index contributed by atoms with van der Waals surface area (Å²) >= 11 is 0. The summed E-state index contributed by atoms with van der Waals surface area (Å²) in [5.74, 6) is -0.933. The zero-order valence-corrected chi connectivity index (χ0v) is 12.4. The van der Waals surface area contributed by atoms with Gasteiger partial charge < -0.3 is 24.2 Å². The number of carboxylic acid groups (broad SMARTS) is 1. The minimum atomic E-state index is -1.13. The second-order valence-corrected chi connectivity index (χ2v) is 4.65. The molecule has 1 aliphatic heterocycles. The summed E-state index contributed by atoms with van der Waals surface area (Å²) in [6.45, 7) is 3.96. The number of hydrogen-bond donors (Lipinski definition) is 1. The van der Waals surface area contributed by atoms with Gasteiger partial charge in [-0.3, -0.25) is 4.79 Å². The third kappa shape index (κ3) is 3.88. The Kier molecular flexibility index (Phi) is 5.60. The minimum Gasteiger partial charge on any atom is -0.490 e. The molecule has 1 aromatic carbocycles. The van der Waals surface area contributed by atoms with Gasteiger partial charge in [-0.1, -0.05) is 6.07 Å². The molecule has 1 amide bonds. The maximum atomic E-state index is 12.1. The molecule has 0 unspecified atom stereocenters. The molecule has 1 N–H and O–H groups in total. The van der Waals surface area contributed by atoms with Crippen LogP contribution < -0.4 is 9.47 Å². The summed E-state index contributed by atoms with van der Waals surface area (Å²) in [6, 6.07) is 4.61. The number of hydrogen-bond acceptors (Lipinski definition) is 5. The largest absolute Gasteiger partial charge is 0.490 e. The fourth-order valence-electron chi connectivity index (χ4n) is 2.14. The molecule has 1 saturated heterocycles. The van der Waals surface area contributed by atoms with Gasteiger partial charge in [0.1, 0.15) is 5.56 Å². The van der Waals surface area contributed by atoms with E-state index in [9.17, 15) is 14.7 Å². The van der Waals surface area contributed by atoms with E-state index >= 15 is 0 Å². The second-order valence-electron chi connectivity index (χ2n) is 4.65. The predicted molar refractivity (Wildman–Crippen MR) is 77.5 cm³/mol. The summed E-state index contributed by atoms with van der Waals surface area (Å²) < 4.78 is 16.0. The van der Waals surface area contributed by atoms with Gasteiger partial charge in [0.05, 0.1) is 19.8 Å². The molecule has 0 radical (unpaired) electrons. The fraction of sp³-hybridized carbons (Fsp3) is 0.467. The van der Waals surface area contributed by atoms with Crippen LogP contribution in [0, 0.1) is 0 Å². The lowest BCUT2D eigenvalue weighted by atomic mass is 10.2. The van der Waals surface area contributed by atoms with Gasteiger partial charge in [0, 0.05) is 13.1 Å². The number of benzene rings is 1. The average Bonchev–Trinajstić information content (AvgIpc) is 2.54. The van der Waals surface area contributed by atoms with Crippen LogP contribution >= 0.6 is 0 Å². The first-order valence-corrected chi connectivity index (χ1v) is 7.11. The van der Waals surface area contributed by atoms with Crippen molar-refractivity contribution in [2.24, 2.45) is 0 Å². The van der Waals surface area contributed by atoms with Crippen LogP contribution in [0.25, 0.3) is 0 Å². The van der Waals surface area contributed by atoms with Crippen LogP contribution in [0.3, 0.4) is 0 Å². The van der Waals surface area contributed by atoms with Crippen LogP contribution in [0.4, 0.5) is 0 Å². The number of ether oxygens (including phenoxy) is 3. The van der Waals surface area contributed by atoms with Gasteiger partial charge in [-0.05, 0) is 19.1 Å². The van der Waals surface area contributed by atoms with Crippen LogP contribution in [0.15, 0.2) is 18.2 Å². The number of carbonyl (C=O) groups is 2. The third-order valence-electron chi connectivity index (χ3n) is 3.21. The molecule has 120 valence electrons. The van der Waals surface area contributed by atoms with E-state index in [0.717, 1.165) is 0 Å². The zero-order valence-electron chi connectivity index (χ0n) is 12.4. The van der Waals surface area contributed by atoms with Crippen molar-refractivity contribution in [2.75, 3.05) is 39.5 Å². The van der Waals surface area contributed by atoms with Gasteiger partial charge in [-0.15, -0.1) is 0 Å². The summed E-state index contributed by atoms with van der Waals surface area (Å²) in [4.78, 5) is 25.0. The average molecular weight is 309 g/mol. The van der Waals surface area contributed by atoms with E-state index in [1.165, 1.54) is 6.07 Å². The molecule has 0 aliphatic carbocycles. The van der Waals surface area contributed by atoms with Crippen LogP contribution in [-0.2, 0) is 9.53 Å². The molecule has 1 heterocycles. The number of morpholine rings is 1. The third-order valence-corrected chi connectivity index (χ3v) is 3.21. The summed E-state index contributed by atoms with van der Waals surface area (Å²) in [5.41, 5.74) is -0.0271. The van der Waals surface area contributed by atoms with Crippen molar-refractivity contribution in [1.82, 2.24) is 4.90 Å². The first-order chi connectivity index (χ1) is 10.6. The van der Waals surface area contributed by atoms with Crippen molar-refractivity contribution < 1.29 is 28.9 Å². The maximum absolute atomic E-state index is 12.1. The van der Waals surface area contributed by atoms with E-state index < -0.39 is 5.97 Å². The Bertz CT molecular complexity index is 539. The Morgan fingerprint density at radius 3 is 2.64 bits per heavy atom. The molecular weight excluding hydrogens is 290 g/mol. The van der Waals surface area contributed by atoms with Crippen molar-refractivity contribution in [3.05, 3.63) is 23.8 Å². The number of carboxylic acids is 1. The molecule has 1 fully saturated rings. The van der Waals surface area contributed by atoms with E-state index in [1.54, 1.807) is 24.0 Å². The molecule has 22 heavy (non-hydrogen) atoms. The Hall–Kier alpha value is -2.28. The van der Waals surface area contributed by atoms with Crippen LogP contribution in [0.5, 0.6) is 11.5 Å². The Labute approximate surface area is 128 Å². The van der Waals surface area contributed by atoms with Gasteiger partial charge >= 0.3 is 5.97 Å². The van der Waals surface area contributed by atoms with E-state index in [4.69, 9.17) is 14.2 Å². The number of para-hydroxylation sites is 1. The molecule has 0 saturated carbocycles. The first-order valence-electron chi connectivity index (χ1n) is 7.11. The molecule has 7 heteroatoms. The minimum absolute atomic E-state index is 0.0271. The normalized spacial score (nSPS) is 14.5. The molecule has 0 bridgehead atoms. The number of aromatic carboxylic acids is 1. The van der Waals surface area contributed by atoms with Gasteiger partial charge in [0.25, 0.3) is 5.91 Å². The van der Waals surface area contributed by atoms with E-state index in [-0.39, 0.29) is 23.8 Å². The number of rotatable bonds is 6. The maximum Gasteiger partial charge on any atom is 0.339 e. The predicted octanol–water partition coefficient (Wildman–Crippen LogP) is 1.02. The molecule has 2 rings (SSSR count). The first kappa shape index (κ1) is 16.1. The topological polar surface area (TPSA) is 85.3 Å². The highest BCUT2D eigenvalue weighted by Gasteiger charge is 2.21. The highest BCUT2D eigenvalue weighted by Crippen LogP contribution is 2.31. The lowest BCUT2D eigenvalue weighted by Gasteiger charge is -2.27. The number of nitrogens with zero attached hydrogens (tertiary/aromatic N) is 1. The SMILES string of the molecule is CCOc1cccc(C(=O)O)c1OCC(=O)N1CCOCC1. The fourth-order valence-corrected chi connectivity index (χ4v) is 2.14. The van der Waals surface area contributed by atoms with Crippen LogP contribution in [0.2, 0.25) is 0 Å². The van der Waals surface area contributed by atoms with Gasteiger partial charge in [0.15, 0.2) is 18.1 Å². The Morgan fingerprint density at radius 1 is 1.27 bits per heavy atom. The van der Waals surface area contributed by atoms with E-state index in [2.05, 4.69) is 0 Å². The van der Waals surface area contributed by atoms with Gasteiger partial charge in [-0.25, -0.2) is 4.79 Å². The molecule has 1 aliphatic rings. The monoisotopic (exact) mass is 309 g/mol. The van der Waals surface area contributed by atoms with Crippen molar-refractivity contribution >= 4 is 11.9 Å². The lowest BCUT2D eigenvalue weighted by Crippen LogP contribution is -2.43. The van der Waals surface area contributed by atoms with Crippen LogP contribution in [0.1, 0.15) is 17.3 Å². The van der Waals surface area contributed by atoms with Crippen LogP contribution in [-0.4, -0.2) is 61.4 Å². The smallest absolute Gasteiger partial charge is 0.339 e. The summed E-state index contributed by atoms with van der Waals surface area (Å²) in [7, 11) is 0. The highest BCUT2D eigenvalue weighted by molar-refractivity contribution is 5.92. The highest BCUT2D eigenvalue weighted by atomic mass is 16.5. The second kappa shape index (κ2) is 7.65. The number of amides is 1. The standard InChI is InChI=1S/C15H19NO6/c1-2-21-12-5-3-4-11(15(18)19)14(12)22-10-13(17)16-6-8-20-9-7-16/h3-5H,2,6-10H2,1H3,(H,18,19). The van der Waals surface area contributed by atoms with Gasteiger partial charge in [0.2, 0.25) is 0 Å². The molecule has 0 aromatic heterocycles. The summed E-state index contributed by atoms with van der Waals surface area (Å²) in [6.07, 6.45) is 0. The molecule has 0 atom stereocenters. The Morgan fingerprint density at radius 2 is 2.00 bits per heavy atom. The summed E-state index contributed by atoms with van der Waals surface area (Å²) in [5, 5.41) is 9.22. The van der Waals surface area contributed by atoms with E-state index in [1.807, 2.05) is 0 Å². The van der Waals surface area contributed by atoms with Gasteiger partial charge in [-0.2, -0.15) is 0 Å². The lowest BCUT2D eigenvalue weighted by molar-refractivity contribution is -0.137. The molecule has 7 nitrogen and oxygen atoms in total. The van der Waals surface area contributed by atoms with Crippen molar-refractivity contribution in [3.63, 3.8) is 0 Å². The molecular formula is C15H19NO6. The molecule has 1 aromatic rings. The zero-order chi connectivity index (χ0) is 15.9. The Balaban J connectivity index is 2.09. The molecule has 0 spiro atoms. The van der Waals surface area contributed by atoms with Crippen molar-refractivity contribution in [3.8, 4) is 11.5 Å². The quantitative estimate of drug-likeness (QED) is 0.844. The van der Waals surface area contributed by atoms with Crippen molar-refractivity contribution in [1.29, 1.82) is 0 Å².